The van der Waals surface area contributed by atoms with Gasteiger partial charge in [-0.25, -0.2) is 4.98 Å². The smallest absolute Gasteiger partial charge is 0.311 e. The molecule has 2 rings (SSSR count). The van der Waals surface area contributed by atoms with E-state index in [9.17, 15) is 10.1 Å². The number of nitro groups is 1. The van der Waals surface area contributed by atoms with Gasteiger partial charge in [-0.15, -0.1) is 0 Å². The van der Waals surface area contributed by atoms with Crippen LogP contribution in [0.2, 0.25) is 5.02 Å². The Balaban J connectivity index is 2.20. The highest BCUT2D eigenvalue weighted by molar-refractivity contribution is 6.31. The van der Waals surface area contributed by atoms with Crippen LogP contribution in [-0.2, 0) is 0 Å². The Bertz CT molecular complexity index is 648. The maximum absolute atomic E-state index is 10.7. The van der Waals surface area contributed by atoms with Gasteiger partial charge in [0.1, 0.15) is 5.82 Å². The lowest BCUT2D eigenvalue weighted by atomic mass is 10.1. The highest BCUT2D eigenvalue weighted by Crippen LogP contribution is 2.27. The standard InChI is InChI=1S/C13H13ClN4O2/c1-8(9-4-2-3-5-10(9)14)16-12-7-6-11(18(19)20)13(15)17-12/h2-8H,1H3,(H3,15,16,17). The summed E-state index contributed by atoms with van der Waals surface area (Å²) in [5.74, 6) is 0.340. The van der Waals surface area contributed by atoms with E-state index in [1.807, 2.05) is 25.1 Å². The lowest BCUT2D eigenvalue weighted by Crippen LogP contribution is -2.09. The molecule has 3 N–H and O–H groups in total. The first-order valence-corrected chi connectivity index (χ1v) is 6.28. The van der Waals surface area contributed by atoms with Crippen molar-refractivity contribution in [3.63, 3.8) is 0 Å². The summed E-state index contributed by atoms with van der Waals surface area (Å²) in [6.45, 7) is 1.92. The predicted octanol–water partition coefficient (Wildman–Crippen LogP) is 3.40. The molecule has 7 heteroatoms. The van der Waals surface area contributed by atoms with E-state index in [2.05, 4.69) is 10.3 Å². The minimum atomic E-state index is -0.566. The summed E-state index contributed by atoms with van der Waals surface area (Å²) < 4.78 is 0. The normalized spacial score (nSPS) is 11.9. The number of nitrogens with zero attached hydrogens (tertiary/aromatic N) is 2. The first-order chi connectivity index (χ1) is 9.49. The van der Waals surface area contributed by atoms with Gasteiger partial charge in [-0.2, -0.15) is 0 Å². The third-order valence-electron chi connectivity index (χ3n) is 2.84. The first kappa shape index (κ1) is 14.1. The van der Waals surface area contributed by atoms with Gasteiger partial charge in [0.25, 0.3) is 0 Å². The van der Waals surface area contributed by atoms with Crippen LogP contribution in [-0.4, -0.2) is 9.91 Å². The van der Waals surface area contributed by atoms with E-state index in [1.54, 1.807) is 6.07 Å². The van der Waals surface area contributed by atoms with Crippen molar-refractivity contribution in [2.75, 3.05) is 11.1 Å². The summed E-state index contributed by atoms with van der Waals surface area (Å²) in [7, 11) is 0. The molecule has 0 fully saturated rings. The Morgan fingerprint density at radius 3 is 2.65 bits per heavy atom. The van der Waals surface area contributed by atoms with Crippen molar-refractivity contribution in [2.45, 2.75) is 13.0 Å². The van der Waals surface area contributed by atoms with Gasteiger partial charge >= 0.3 is 5.69 Å². The number of anilines is 2. The van der Waals surface area contributed by atoms with Gasteiger partial charge in [0.2, 0.25) is 5.82 Å². The minimum absolute atomic E-state index is 0.0999. The quantitative estimate of drug-likeness (QED) is 0.665. The number of nitrogens with two attached hydrogens (primary N) is 1. The van der Waals surface area contributed by atoms with Crippen LogP contribution in [0.25, 0.3) is 0 Å². The fraction of sp³-hybridized carbons (Fsp3) is 0.154. The summed E-state index contributed by atoms with van der Waals surface area (Å²) in [6, 6.07) is 10.2. The van der Waals surface area contributed by atoms with Gasteiger partial charge in [-0.3, -0.25) is 10.1 Å². The highest BCUT2D eigenvalue weighted by Gasteiger charge is 2.15. The maximum Gasteiger partial charge on any atom is 0.311 e. The second-order valence-electron chi connectivity index (χ2n) is 4.25. The Kier molecular flexibility index (Phi) is 4.05. The molecule has 1 unspecified atom stereocenters. The summed E-state index contributed by atoms with van der Waals surface area (Å²) >= 11 is 6.11. The van der Waals surface area contributed by atoms with Gasteiger partial charge in [-0.1, -0.05) is 29.8 Å². The molecule has 0 aliphatic heterocycles. The lowest BCUT2D eigenvalue weighted by molar-refractivity contribution is -0.384. The topological polar surface area (TPSA) is 94.1 Å². The number of aromatic nitrogens is 1. The molecule has 0 bridgehead atoms. The van der Waals surface area contributed by atoms with E-state index in [-0.39, 0.29) is 17.5 Å². The molecule has 0 spiro atoms. The van der Waals surface area contributed by atoms with Gasteiger partial charge in [0, 0.05) is 11.1 Å². The predicted molar refractivity (Wildman–Crippen MR) is 78.8 cm³/mol. The molecule has 104 valence electrons. The van der Waals surface area contributed by atoms with Crippen LogP contribution < -0.4 is 11.1 Å². The maximum atomic E-state index is 10.7. The number of hydrogen-bond acceptors (Lipinski definition) is 5. The highest BCUT2D eigenvalue weighted by atomic mass is 35.5. The van der Waals surface area contributed by atoms with Crippen molar-refractivity contribution in [2.24, 2.45) is 0 Å². The van der Waals surface area contributed by atoms with Crippen molar-refractivity contribution in [3.05, 3.63) is 57.1 Å². The number of hydrogen-bond donors (Lipinski definition) is 2. The van der Waals surface area contributed by atoms with Gasteiger partial charge in [0.05, 0.1) is 11.0 Å². The molecule has 1 aromatic carbocycles. The Morgan fingerprint density at radius 2 is 2.05 bits per heavy atom. The average molecular weight is 293 g/mol. The molecule has 0 amide bonds. The monoisotopic (exact) mass is 292 g/mol. The molecule has 20 heavy (non-hydrogen) atoms. The van der Waals surface area contributed by atoms with Crippen molar-refractivity contribution >= 4 is 28.9 Å². The Hall–Kier alpha value is -2.34. The second-order valence-corrected chi connectivity index (χ2v) is 4.65. The zero-order valence-corrected chi connectivity index (χ0v) is 11.5. The van der Waals surface area contributed by atoms with E-state index in [4.69, 9.17) is 17.3 Å². The molecule has 2 aromatic rings. The fourth-order valence-electron chi connectivity index (χ4n) is 1.83. The zero-order valence-electron chi connectivity index (χ0n) is 10.7. The van der Waals surface area contributed by atoms with Gasteiger partial charge < -0.3 is 11.1 Å². The van der Waals surface area contributed by atoms with Crippen molar-refractivity contribution < 1.29 is 4.92 Å². The summed E-state index contributed by atoms with van der Waals surface area (Å²) in [5, 5.41) is 14.4. The molecule has 0 aliphatic rings. The fourth-order valence-corrected chi connectivity index (χ4v) is 2.13. The third-order valence-corrected chi connectivity index (χ3v) is 3.18. The van der Waals surface area contributed by atoms with Gasteiger partial charge in [-0.05, 0) is 24.6 Å². The van der Waals surface area contributed by atoms with Crippen LogP contribution in [0.3, 0.4) is 0 Å². The van der Waals surface area contributed by atoms with Crippen LogP contribution in [0.1, 0.15) is 18.5 Å². The third kappa shape index (κ3) is 2.97. The molecule has 0 radical (unpaired) electrons. The Labute approximate surface area is 120 Å². The van der Waals surface area contributed by atoms with Crippen molar-refractivity contribution in [1.82, 2.24) is 4.98 Å². The number of benzene rings is 1. The van der Waals surface area contributed by atoms with Crippen molar-refractivity contribution in [1.29, 1.82) is 0 Å². The van der Waals surface area contributed by atoms with Crippen LogP contribution in [0.15, 0.2) is 36.4 Å². The zero-order chi connectivity index (χ0) is 14.7. The van der Waals surface area contributed by atoms with Crippen LogP contribution in [0.5, 0.6) is 0 Å². The minimum Gasteiger partial charge on any atom is -0.378 e. The number of nitrogens with one attached hydrogen (secondary N) is 1. The van der Waals surface area contributed by atoms with E-state index >= 15 is 0 Å². The number of halogens is 1. The number of nitrogen functional groups attached to an aromatic ring is 1. The Morgan fingerprint density at radius 1 is 1.35 bits per heavy atom. The largest absolute Gasteiger partial charge is 0.378 e. The van der Waals surface area contributed by atoms with E-state index in [0.717, 1.165) is 5.56 Å². The van der Waals surface area contributed by atoms with Crippen LogP contribution in [0.4, 0.5) is 17.3 Å². The molecule has 0 saturated heterocycles. The summed E-state index contributed by atoms with van der Waals surface area (Å²) in [5.41, 5.74) is 6.25. The van der Waals surface area contributed by atoms with E-state index < -0.39 is 4.92 Å². The number of rotatable bonds is 4. The van der Waals surface area contributed by atoms with Gasteiger partial charge in [0.15, 0.2) is 0 Å². The number of pyridine rings is 1. The van der Waals surface area contributed by atoms with Crippen LogP contribution in [0, 0.1) is 10.1 Å². The first-order valence-electron chi connectivity index (χ1n) is 5.91. The molecule has 1 atom stereocenters. The SMILES string of the molecule is CC(Nc1ccc([N+](=O)[O-])c(N)n1)c1ccccc1Cl. The lowest BCUT2D eigenvalue weighted by Gasteiger charge is -2.16. The molecule has 0 aliphatic carbocycles. The second kappa shape index (κ2) is 5.75. The molecular formula is C13H13ClN4O2. The van der Waals surface area contributed by atoms with E-state index in [1.165, 1.54) is 12.1 Å². The molecule has 0 saturated carbocycles. The van der Waals surface area contributed by atoms with Crippen molar-refractivity contribution in [3.8, 4) is 0 Å². The molecule has 1 heterocycles. The summed E-state index contributed by atoms with van der Waals surface area (Å²) in [6.07, 6.45) is 0. The van der Waals surface area contributed by atoms with Crippen LogP contribution >= 0.6 is 11.6 Å². The summed E-state index contributed by atoms with van der Waals surface area (Å²) in [4.78, 5) is 14.1. The average Bonchev–Trinajstić information content (AvgIpc) is 2.38. The molecule has 6 nitrogen and oxygen atoms in total. The van der Waals surface area contributed by atoms with E-state index in [0.29, 0.717) is 10.8 Å². The molecule has 1 aromatic heterocycles. The molecular weight excluding hydrogens is 280 g/mol.